The van der Waals surface area contributed by atoms with Gasteiger partial charge in [-0.2, -0.15) is 5.10 Å². The van der Waals surface area contributed by atoms with Gasteiger partial charge in [0.2, 0.25) is 5.91 Å². The number of aromatic nitrogens is 3. The molecule has 110 valence electrons. The molecule has 0 aliphatic carbocycles. The number of piperidine rings is 1. The number of carbonyl (C=O) groups is 2. The van der Waals surface area contributed by atoms with Crippen LogP contribution in [0.15, 0.2) is 24.8 Å². The molecule has 0 radical (unpaired) electrons. The average Bonchev–Trinajstić information content (AvgIpc) is 2.89. The number of rotatable bonds is 3. The predicted molar refractivity (Wildman–Crippen MR) is 75.7 cm³/mol. The lowest BCUT2D eigenvalue weighted by molar-refractivity contribution is -0.124. The molecule has 0 saturated carbocycles. The van der Waals surface area contributed by atoms with Crippen LogP contribution < -0.4 is 10.6 Å². The van der Waals surface area contributed by atoms with Gasteiger partial charge in [0.1, 0.15) is 0 Å². The van der Waals surface area contributed by atoms with Crippen molar-refractivity contribution < 1.29 is 9.59 Å². The zero-order chi connectivity index (χ0) is 14.9. The molecule has 0 spiro atoms. The molecule has 3 heterocycles. The van der Waals surface area contributed by atoms with Gasteiger partial charge in [-0.25, -0.2) is 4.52 Å². The Bertz CT molecular complexity index is 695. The zero-order valence-corrected chi connectivity index (χ0v) is 11.8. The summed E-state index contributed by atoms with van der Waals surface area (Å²) in [4.78, 5) is 27.8. The van der Waals surface area contributed by atoms with Crippen molar-refractivity contribution in [2.75, 3.05) is 6.54 Å². The van der Waals surface area contributed by atoms with Gasteiger partial charge in [0.05, 0.1) is 29.0 Å². The smallest absolute Gasteiger partial charge is 0.255 e. The topological polar surface area (TPSA) is 88.4 Å². The van der Waals surface area contributed by atoms with E-state index in [1.807, 2.05) is 6.92 Å². The molecular weight excluding hydrogens is 270 g/mol. The van der Waals surface area contributed by atoms with Crippen molar-refractivity contribution in [2.45, 2.75) is 31.7 Å². The first-order valence-electron chi connectivity index (χ1n) is 6.94. The van der Waals surface area contributed by atoms with Crippen LogP contribution >= 0.6 is 0 Å². The lowest BCUT2D eigenvalue weighted by atomic mass is 9.90. The molecule has 0 aromatic carbocycles. The molecule has 1 aliphatic heterocycles. The largest absolute Gasteiger partial charge is 0.350 e. The quantitative estimate of drug-likeness (QED) is 0.861. The highest BCUT2D eigenvalue weighted by Gasteiger charge is 2.30. The summed E-state index contributed by atoms with van der Waals surface area (Å²) in [6.45, 7) is 2.34. The molecule has 2 amide bonds. The summed E-state index contributed by atoms with van der Waals surface area (Å²) in [6.07, 6.45) is 8.69. The van der Waals surface area contributed by atoms with E-state index < -0.39 is 0 Å². The predicted octanol–water partition coefficient (Wildman–Crippen LogP) is 0.518. The molecule has 1 atom stereocenters. The van der Waals surface area contributed by atoms with E-state index in [2.05, 4.69) is 20.7 Å². The Morgan fingerprint density at radius 2 is 2.38 bits per heavy atom. The van der Waals surface area contributed by atoms with E-state index in [0.29, 0.717) is 24.0 Å². The lowest BCUT2D eigenvalue weighted by Crippen LogP contribution is -2.55. The normalized spacial score (nSPS) is 22.0. The van der Waals surface area contributed by atoms with Crippen LogP contribution in [-0.4, -0.2) is 38.5 Å². The van der Waals surface area contributed by atoms with Gasteiger partial charge < -0.3 is 10.6 Å². The Labute approximate surface area is 121 Å². The Morgan fingerprint density at radius 3 is 3.19 bits per heavy atom. The van der Waals surface area contributed by atoms with Crippen LogP contribution in [0.5, 0.6) is 0 Å². The maximum Gasteiger partial charge on any atom is 0.255 e. The highest BCUT2D eigenvalue weighted by molar-refractivity contribution is 6.00. The van der Waals surface area contributed by atoms with Crippen molar-refractivity contribution in [3.8, 4) is 0 Å². The monoisotopic (exact) mass is 287 g/mol. The zero-order valence-electron chi connectivity index (χ0n) is 11.8. The number of hydrogen-bond donors (Lipinski definition) is 2. The molecule has 7 nitrogen and oxygen atoms in total. The molecule has 1 aliphatic rings. The Kier molecular flexibility index (Phi) is 3.32. The summed E-state index contributed by atoms with van der Waals surface area (Å²) in [5, 5.41) is 9.93. The van der Waals surface area contributed by atoms with Crippen molar-refractivity contribution in [3.05, 3.63) is 30.4 Å². The van der Waals surface area contributed by atoms with Gasteiger partial charge in [-0.05, 0) is 19.8 Å². The van der Waals surface area contributed by atoms with E-state index >= 15 is 0 Å². The molecule has 3 rings (SSSR count). The third kappa shape index (κ3) is 2.72. The van der Waals surface area contributed by atoms with Crippen LogP contribution in [0.4, 0.5) is 0 Å². The molecule has 2 N–H and O–H groups in total. The number of amides is 2. The minimum absolute atomic E-state index is 0.0400. The molecule has 0 bridgehead atoms. The summed E-state index contributed by atoms with van der Waals surface area (Å²) in [6, 6.07) is 0. The van der Waals surface area contributed by atoms with E-state index in [4.69, 9.17) is 0 Å². The third-order valence-electron chi connectivity index (χ3n) is 3.78. The first-order chi connectivity index (χ1) is 10.1. The molecule has 21 heavy (non-hydrogen) atoms. The fraction of sp³-hybridized carbons (Fsp3) is 0.429. The Balaban J connectivity index is 1.70. The van der Waals surface area contributed by atoms with E-state index in [1.165, 1.54) is 6.20 Å². The summed E-state index contributed by atoms with van der Waals surface area (Å²) in [5.74, 6) is -0.169. The first-order valence-corrected chi connectivity index (χ1v) is 6.94. The highest BCUT2D eigenvalue weighted by atomic mass is 16.2. The molecular formula is C14H17N5O2. The van der Waals surface area contributed by atoms with Crippen molar-refractivity contribution in [2.24, 2.45) is 0 Å². The summed E-state index contributed by atoms with van der Waals surface area (Å²) >= 11 is 0. The number of hydrogen-bond acceptors (Lipinski definition) is 4. The fourth-order valence-corrected chi connectivity index (χ4v) is 2.61. The molecule has 2 aromatic heterocycles. The van der Waals surface area contributed by atoms with Gasteiger partial charge in [0.15, 0.2) is 0 Å². The number of nitrogens with one attached hydrogen (secondary N) is 2. The standard InChI is InChI=1S/C14H17N5O2/c1-14(4-2-3-12(20)18-14)9-16-13(21)10-7-17-19-6-5-15-8-11(10)19/h5-8H,2-4,9H2,1H3,(H,16,21)(H,18,20). The fourth-order valence-electron chi connectivity index (χ4n) is 2.61. The van der Waals surface area contributed by atoms with Gasteiger partial charge in [-0.3, -0.25) is 14.6 Å². The van der Waals surface area contributed by atoms with Gasteiger partial charge in [-0.15, -0.1) is 0 Å². The van der Waals surface area contributed by atoms with Crippen molar-refractivity contribution in [1.82, 2.24) is 25.2 Å². The van der Waals surface area contributed by atoms with Gasteiger partial charge in [0.25, 0.3) is 5.91 Å². The molecule has 1 saturated heterocycles. The lowest BCUT2D eigenvalue weighted by Gasteiger charge is -2.34. The number of fused-ring (bicyclic) bond motifs is 1. The minimum atomic E-state index is -0.383. The first kappa shape index (κ1) is 13.5. The Hall–Kier alpha value is -2.44. The molecule has 1 unspecified atom stereocenters. The molecule has 1 fully saturated rings. The van der Waals surface area contributed by atoms with Crippen LogP contribution in [0.1, 0.15) is 36.5 Å². The second kappa shape index (κ2) is 5.16. The van der Waals surface area contributed by atoms with Crippen molar-refractivity contribution in [1.29, 1.82) is 0 Å². The van der Waals surface area contributed by atoms with Crippen LogP contribution in [0.25, 0.3) is 5.52 Å². The summed E-state index contributed by atoms with van der Waals surface area (Å²) in [5.41, 5.74) is 0.758. The van der Waals surface area contributed by atoms with Crippen molar-refractivity contribution in [3.63, 3.8) is 0 Å². The van der Waals surface area contributed by atoms with Crippen LogP contribution in [0, 0.1) is 0 Å². The van der Waals surface area contributed by atoms with E-state index in [1.54, 1.807) is 23.1 Å². The minimum Gasteiger partial charge on any atom is -0.350 e. The maximum atomic E-state index is 12.3. The van der Waals surface area contributed by atoms with E-state index in [9.17, 15) is 9.59 Å². The maximum absolute atomic E-state index is 12.3. The van der Waals surface area contributed by atoms with Crippen LogP contribution in [0.2, 0.25) is 0 Å². The van der Waals surface area contributed by atoms with Crippen molar-refractivity contribution >= 4 is 17.3 Å². The second-order valence-electron chi connectivity index (χ2n) is 5.61. The second-order valence-corrected chi connectivity index (χ2v) is 5.61. The van der Waals surface area contributed by atoms with Gasteiger partial charge >= 0.3 is 0 Å². The van der Waals surface area contributed by atoms with Crippen LogP contribution in [0.3, 0.4) is 0 Å². The third-order valence-corrected chi connectivity index (χ3v) is 3.78. The number of carbonyl (C=O) groups excluding carboxylic acids is 2. The van der Waals surface area contributed by atoms with E-state index in [-0.39, 0.29) is 17.4 Å². The molecule has 2 aromatic rings. The summed E-state index contributed by atoms with van der Waals surface area (Å²) in [7, 11) is 0. The number of nitrogens with zero attached hydrogens (tertiary/aromatic N) is 3. The van der Waals surface area contributed by atoms with Gasteiger partial charge in [0, 0.05) is 25.4 Å². The van der Waals surface area contributed by atoms with Crippen LogP contribution in [-0.2, 0) is 4.79 Å². The van der Waals surface area contributed by atoms with Gasteiger partial charge in [-0.1, -0.05) is 0 Å². The molecule has 7 heteroatoms. The SMILES string of the molecule is CC1(CNC(=O)c2cnn3ccncc23)CCCC(=O)N1. The Morgan fingerprint density at radius 1 is 1.52 bits per heavy atom. The summed E-state index contributed by atoms with van der Waals surface area (Å²) < 4.78 is 1.60. The average molecular weight is 287 g/mol. The highest BCUT2D eigenvalue weighted by Crippen LogP contribution is 2.18. The van der Waals surface area contributed by atoms with E-state index in [0.717, 1.165) is 12.8 Å².